The number of amides is 4. The van der Waals surface area contributed by atoms with E-state index in [1.807, 2.05) is 34.9 Å². The van der Waals surface area contributed by atoms with Crippen LogP contribution in [0.15, 0.2) is 81.2 Å². The van der Waals surface area contributed by atoms with Gasteiger partial charge in [0.1, 0.15) is 11.5 Å². The lowest BCUT2D eigenvalue weighted by Gasteiger charge is -2.06. The zero-order valence-corrected chi connectivity index (χ0v) is 23.8. The van der Waals surface area contributed by atoms with E-state index in [9.17, 15) is 29.4 Å². The molecule has 0 aliphatic rings. The van der Waals surface area contributed by atoms with Crippen LogP contribution in [0.5, 0.6) is 0 Å². The van der Waals surface area contributed by atoms with E-state index in [1.165, 1.54) is 26.3 Å². The SMILES string of the molecule is CCOC(=O)NC(=O)/C(C=Nc1ccc(CCc2ccc(N=C/C(C(=O)NC(=O)OCC)=C(\C)O)cc2)cc1)=C(/C)O. The summed E-state index contributed by atoms with van der Waals surface area (Å²) in [6.45, 7) is 6.03. The number of aliphatic hydroxyl groups is 2. The molecule has 0 aromatic heterocycles. The van der Waals surface area contributed by atoms with Crippen molar-refractivity contribution in [1.82, 2.24) is 10.6 Å². The Hall–Kier alpha value is -5.26. The molecule has 0 atom stereocenters. The summed E-state index contributed by atoms with van der Waals surface area (Å²) in [7, 11) is 0. The molecule has 0 bridgehead atoms. The van der Waals surface area contributed by atoms with Crippen molar-refractivity contribution < 1.29 is 38.9 Å². The van der Waals surface area contributed by atoms with E-state index in [0.29, 0.717) is 11.4 Å². The Bertz CT molecular complexity index is 1280. The largest absolute Gasteiger partial charge is 0.512 e. The molecular formula is C30H34N4O8. The molecule has 2 aromatic rings. The highest BCUT2D eigenvalue weighted by Gasteiger charge is 2.16. The number of aliphatic imine (C=N–C) groups is 2. The number of nitrogens with zero attached hydrogens (tertiary/aromatic N) is 2. The van der Waals surface area contributed by atoms with Crippen LogP contribution in [0, 0.1) is 0 Å². The van der Waals surface area contributed by atoms with Gasteiger partial charge in [0.05, 0.1) is 35.7 Å². The Balaban J connectivity index is 1.96. The van der Waals surface area contributed by atoms with Gasteiger partial charge in [0.2, 0.25) is 0 Å². The van der Waals surface area contributed by atoms with Gasteiger partial charge < -0.3 is 19.7 Å². The topological polar surface area (TPSA) is 176 Å². The minimum atomic E-state index is -0.915. The fourth-order valence-electron chi connectivity index (χ4n) is 3.35. The zero-order chi connectivity index (χ0) is 31.1. The number of hydrogen-bond donors (Lipinski definition) is 4. The second-order valence-corrected chi connectivity index (χ2v) is 8.70. The van der Waals surface area contributed by atoms with E-state index in [-0.39, 0.29) is 35.9 Å². The van der Waals surface area contributed by atoms with Gasteiger partial charge in [-0.3, -0.25) is 30.2 Å². The number of hydrogen-bond acceptors (Lipinski definition) is 10. The van der Waals surface area contributed by atoms with Crippen molar-refractivity contribution in [1.29, 1.82) is 0 Å². The maximum Gasteiger partial charge on any atom is 0.414 e. The minimum Gasteiger partial charge on any atom is -0.512 e. The second-order valence-electron chi connectivity index (χ2n) is 8.70. The molecule has 0 aliphatic heterocycles. The number of imide groups is 2. The third-order valence-corrected chi connectivity index (χ3v) is 5.51. The van der Waals surface area contributed by atoms with Crippen LogP contribution in [-0.4, -0.2) is 59.9 Å². The molecule has 0 unspecified atom stereocenters. The first kappa shape index (κ1) is 32.9. The molecule has 0 spiro atoms. The highest BCUT2D eigenvalue weighted by atomic mass is 16.6. The van der Waals surface area contributed by atoms with Gasteiger partial charge in [-0.05, 0) is 75.9 Å². The molecule has 0 aliphatic carbocycles. The maximum atomic E-state index is 12.2. The molecular weight excluding hydrogens is 544 g/mol. The normalized spacial score (nSPS) is 12.4. The maximum absolute atomic E-state index is 12.2. The number of rotatable bonds is 11. The van der Waals surface area contributed by atoms with Crippen molar-refractivity contribution in [3.05, 3.63) is 82.3 Å². The molecule has 12 heteroatoms. The fourth-order valence-corrected chi connectivity index (χ4v) is 3.35. The molecule has 2 aromatic carbocycles. The van der Waals surface area contributed by atoms with Gasteiger partial charge in [-0.25, -0.2) is 9.59 Å². The van der Waals surface area contributed by atoms with Crippen LogP contribution in [0.25, 0.3) is 0 Å². The number of allylic oxidation sites excluding steroid dienone is 2. The van der Waals surface area contributed by atoms with E-state index in [2.05, 4.69) is 19.5 Å². The Morgan fingerprint density at radius 1 is 0.667 bits per heavy atom. The van der Waals surface area contributed by atoms with Crippen LogP contribution >= 0.6 is 0 Å². The summed E-state index contributed by atoms with van der Waals surface area (Å²) in [5, 5.41) is 23.6. The van der Waals surface area contributed by atoms with Crippen LogP contribution in [-0.2, 0) is 31.9 Å². The first-order valence-electron chi connectivity index (χ1n) is 13.1. The van der Waals surface area contributed by atoms with Crippen molar-refractivity contribution in [2.75, 3.05) is 13.2 Å². The molecule has 0 heterocycles. The Kier molecular flexibility index (Phi) is 13.1. The molecule has 12 nitrogen and oxygen atoms in total. The summed E-state index contributed by atoms with van der Waals surface area (Å²) >= 11 is 0. The van der Waals surface area contributed by atoms with Crippen LogP contribution in [0.2, 0.25) is 0 Å². The molecule has 0 radical (unpaired) electrons. The quantitative estimate of drug-likeness (QED) is 0.162. The minimum absolute atomic E-state index is 0.0997. The van der Waals surface area contributed by atoms with Gasteiger partial charge in [0, 0.05) is 12.4 Å². The first-order chi connectivity index (χ1) is 20.0. The zero-order valence-electron chi connectivity index (χ0n) is 23.8. The number of aryl methyl sites for hydroxylation is 2. The van der Waals surface area contributed by atoms with Crippen molar-refractivity contribution in [2.24, 2.45) is 9.98 Å². The predicted molar refractivity (Wildman–Crippen MR) is 158 cm³/mol. The number of alkyl carbamates (subject to hydrolysis) is 2. The van der Waals surface area contributed by atoms with E-state index >= 15 is 0 Å². The van der Waals surface area contributed by atoms with E-state index < -0.39 is 24.0 Å². The lowest BCUT2D eigenvalue weighted by molar-refractivity contribution is -0.117. The third-order valence-electron chi connectivity index (χ3n) is 5.51. The molecule has 2 rings (SSSR count). The van der Waals surface area contributed by atoms with Crippen LogP contribution in [0.4, 0.5) is 21.0 Å². The Morgan fingerprint density at radius 2 is 1.00 bits per heavy atom. The Labute approximate surface area is 243 Å². The van der Waals surface area contributed by atoms with Crippen molar-refractivity contribution in [2.45, 2.75) is 40.5 Å². The Morgan fingerprint density at radius 3 is 1.29 bits per heavy atom. The third kappa shape index (κ3) is 11.1. The molecule has 222 valence electrons. The predicted octanol–water partition coefficient (Wildman–Crippen LogP) is 5.09. The number of ether oxygens (including phenoxy) is 2. The summed E-state index contributed by atoms with van der Waals surface area (Å²) in [5.74, 6) is -2.25. The van der Waals surface area contributed by atoms with Gasteiger partial charge >= 0.3 is 12.2 Å². The standard InChI is InChI=1S/C30H34N4O8/c1-5-41-29(39)33-27(37)25(19(3)35)17-31-23-13-9-21(10-14-23)7-8-22-11-15-24(16-12-22)32-18-26(20(4)36)28(38)34-30(40)42-6-2/h9-18,35-36H,5-8H2,1-4H3,(H,33,37,39)(H,34,38,40)/b25-19-,26-20-,31-17?,32-18?. The van der Waals surface area contributed by atoms with Crippen molar-refractivity contribution in [3.8, 4) is 0 Å². The number of nitrogens with one attached hydrogen (secondary N) is 2. The molecule has 4 amide bonds. The van der Waals surface area contributed by atoms with Crippen LogP contribution in [0.1, 0.15) is 38.8 Å². The summed E-state index contributed by atoms with van der Waals surface area (Å²) in [5.41, 5.74) is 2.85. The van der Waals surface area contributed by atoms with Crippen LogP contribution < -0.4 is 10.6 Å². The van der Waals surface area contributed by atoms with Gasteiger partial charge in [0.15, 0.2) is 0 Å². The number of carbonyl (C=O) groups excluding carboxylic acids is 4. The van der Waals surface area contributed by atoms with Crippen molar-refractivity contribution >= 4 is 47.8 Å². The van der Waals surface area contributed by atoms with Gasteiger partial charge in [0.25, 0.3) is 11.8 Å². The van der Waals surface area contributed by atoms with Gasteiger partial charge in [-0.2, -0.15) is 0 Å². The highest BCUT2D eigenvalue weighted by Crippen LogP contribution is 2.18. The summed E-state index contributed by atoms with van der Waals surface area (Å²) in [6, 6.07) is 14.6. The fraction of sp³-hybridized carbons (Fsp3) is 0.267. The average molecular weight is 579 g/mol. The monoisotopic (exact) mass is 578 g/mol. The molecule has 0 fully saturated rings. The average Bonchev–Trinajstić information content (AvgIpc) is 2.93. The van der Waals surface area contributed by atoms with E-state index in [0.717, 1.165) is 24.0 Å². The molecule has 4 N–H and O–H groups in total. The molecule has 42 heavy (non-hydrogen) atoms. The van der Waals surface area contributed by atoms with Gasteiger partial charge in [-0.1, -0.05) is 24.3 Å². The lowest BCUT2D eigenvalue weighted by atomic mass is 10.0. The molecule has 0 saturated heterocycles. The smallest absolute Gasteiger partial charge is 0.414 e. The van der Waals surface area contributed by atoms with Crippen LogP contribution in [0.3, 0.4) is 0 Å². The van der Waals surface area contributed by atoms with E-state index in [1.54, 1.807) is 38.1 Å². The number of benzene rings is 2. The summed E-state index contributed by atoms with van der Waals surface area (Å²) in [4.78, 5) is 55.7. The summed E-state index contributed by atoms with van der Waals surface area (Å²) in [6.07, 6.45) is 2.00. The van der Waals surface area contributed by atoms with Crippen molar-refractivity contribution in [3.63, 3.8) is 0 Å². The molecule has 0 saturated carbocycles. The second kappa shape index (κ2) is 16.8. The highest BCUT2D eigenvalue weighted by molar-refractivity contribution is 6.17. The number of aliphatic hydroxyl groups excluding tert-OH is 2. The van der Waals surface area contributed by atoms with Gasteiger partial charge in [-0.15, -0.1) is 0 Å². The summed E-state index contributed by atoms with van der Waals surface area (Å²) < 4.78 is 9.34. The van der Waals surface area contributed by atoms with E-state index in [4.69, 9.17) is 0 Å². The first-order valence-corrected chi connectivity index (χ1v) is 13.1. The lowest BCUT2D eigenvalue weighted by Crippen LogP contribution is -2.33. The number of carbonyl (C=O) groups is 4.